The van der Waals surface area contributed by atoms with Crippen LogP contribution in [0.3, 0.4) is 0 Å². The maximum absolute atomic E-state index is 13.0. The molecule has 3 heteroatoms. The summed E-state index contributed by atoms with van der Waals surface area (Å²) >= 11 is 0. The smallest absolute Gasteiger partial charge is 0.231 e. The van der Waals surface area contributed by atoms with Gasteiger partial charge in [-0.2, -0.15) is 0 Å². The molecule has 0 saturated carbocycles. The summed E-state index contributed by atoms with van der Waals surface area (Å²) < 4.78 is 23.6. The van der Waals surface area contributed by atoms with Crippen molar-refractivity contribution >= 4 is 0 Å². The average molecular weight is 243 g/mol. The minimum Gasteiger partial charge on any atom is -0.454 e. The first-order valence-electron chi connectivity index (χ1n) is 5.86. The molecule has 0 saturated heterocycles. The van der Waals surface area contributed by atoms with Crippen LogP contribution in [0.25, 0.3) is 0 Å². The quantitative estimate of drug-likeness (QED) is 0.824. The minimum atomic E-state index is -0.213. The summed E-state index contributed by atoms with van der Waals surface area (Å²) in [6.45, 7) is 0.288. The van der Waals surface area contributed by atoms with Crippen LogP contribution in [0.5, 0.6) is 11.5 Å². The topological polar surface area (TPSA) is 18.5 Å². The molecule has 91 valence electrons. The van der Waals surface area contributed by atoms with Crippen LogP contribution in [-0.4, -0.2) is 6.79 Å². The van der Waals surface area contributed by atoms with E-state index in [1.54, 1.807) is 6.07 Å². The summed E-state index contributed by atoms with van der Waals surface area (Å²) in [7, 11) is 0. The molecule has 3 rings (SSSR count). The van der Waals surface area contributed by atoms with Gasteiger partial charge in [0.25, 0.3) is 0 Å². The normalized spacial score (nSPS) is 12.7. The van der Waals surface area contributed by atoms with Crippen molar-refractivity contribution < 1.29 is 13.9 Å². The van der Waals surface area contributed by atoms with Crippen molar-refractivity contribution in [3.8, 4) is 11.5 Å². The van der Waals surface area contributed by atoms with Crippen LogP contribution in [0.15, 0.2) is 36.4 Å². The Morgan fingerprint density at radius 1 is 1.06 bits per heavy atom. The number of fused-ring (bicyclic) bond motifs is 1. The molecule has 0 spiro atoms. The number of halogens is 1. The van der Waals surface area contributed by atoms with Crippen LogP contribution in [0.2, 0.25) is 0 Å². The van der Waals surface area contributed by atoms with E-state index in [2.05, 4.69) is 6.07 Å². The van der Waals surface area contributed by atoms with Crippen molar-refractivity contribution in [2.24, 2.45) is 0 Å². The SMILES string of the molecule is Fc1cc[c]c(CCc2ccc3c(c2)OCO3)c1. The van der Waals surface area contributed by atoms with Gasteiger partial charge in [-0.1, -0.05) is 12.1 Å². The molecule has 0 aliphatic carbocycles. The van der Waals surface area contributed by atoms with E-state index in [4.69, 9.17) is 9.47 Å². The van der Waals surface area contributed by atoms with Crippen molar-refractivity contribution in [2.45, 2.75) is 12.8 Å². The van der Waals surface area contributed by atoms with E-state index < -0.39 is 0 Å². The molecule has 1 heterocycles. The molecule has 0 fully saturated rings. The molecule has 0 atom stereocenters. The first kappa shape index (κ1) is 11.1. The zero-order valence-electron chi connectivity index (χ0n) is 9.78. The number of rotatable bonds is 3. The van der Waals surface area contributed by atoms with Gasteiger partial charge in [0.2, 0.25) is 6.79 Å². The number of benzene rings is 2. The first-order valence-corrected chi connectivity index (χ1v) is 5.86. The third kappa shape index (κ3) is 2.30. The lowest BCUT2D eigenvalue weighted by molar-refractivity contribution is 0.174. The molecule has 2 aromatic rings. The van der Waals surface area contributed by atoms with Gasteiger partial charge in [-0.3, -0.25) is 0 Å². The largest absolute Gasteiger partial charge is 0.454 e. The highest BCUT2D eigenvalue weighted by Crippen LogP contribution is 2.32. The Morgan fingerprint density at radius 3 is 2.83 bits per heavy atom. The van der Waals surface area contributed by atoms with Crippen LogP contribution in [-0.2, 0) is 12.8 Å². The summed E-state index contributed by atoms with van der Waals surface area (Å²) in [4.78, 5) is 0. The van der Waals surface area contributed by atoms with Gasteiger partial charge in [-0.15, -0.1) is 0 Å². The van der Waals surface area contributed by atoms with Gasteiger partial charge in [-0.25, -0.2) is 4.39 Å². The second-order valence-corrected chi connectivity index (χ2v) is 4.22. The maximum atomic E-state index is 13.0. The van der Waals surface area contributed by atoms with Gasteiger partial charge in [0.1, 0.15) is 5.82 Å². The van der Waals surface area contributed by atoms with Gasteiger partial charge in [0.15, 0.2) is 11.5 Å². The maximum Gasteiger partial charge on any atom is 0.231 e. The molecule has 2 aromatic carbocycles. The summed E-state index contributed by atoms with van der Waals surface area (Å²) in [6, 6.07) is 13.5. The third-order valence-corrected chi connectivity index (χ3v) is 2.94. The van der Waals surface area contributed by atoms with Crippen LogP contribution >= 0.6 is 0 Å². The molecule has 0 bridgehead atoms. The lowest BCUT2D eigenvalue weighted by Crippen LogP contribution is -1.93. The van der Waals surface area contributed by atoms with Gasteiger partial charge in [-0.05, 0) is 54.3 Å². The monoisotopic (exact) mass is 243 g/mol. The number of aryl methyl sites for hydroxylation is 2. The Morgan fingerprint density at radius 2 is 1.94 bits per heavy atom. The Bertz CT molecular complexity index is 566. The lowest BCUT2D eigenvalue weighted by atomic mass is 10.0. The number of hydrogen-bond donors (Lipinski definition) is 0. The molecule has 0 N–H and O–H groups in total. The minimum absolute atomic E-state index is 0.213. The Labute approximate surface area is 105 Å². The van der Waals surface area contributed by atoms with Crippen molar-refractivity contribution in [3.05, 3.63) is 59.4 Å². The fourth-order valence-corrected chi connectivity index (χ4v) is 2.00. The molecule has 0 amide bonds. The molecule has 1 aliphatic heterocycles. The molecule has 18 heavy (non-hydrogen) atoms. The molecular formula is C15H12FO2. The fourth-order valence-electron chi connectivity index (χ4n) is 2.00. The highest BCUT2D eigenvalue weighted by Gasteiger charge is 2.12. The first-order chi connectivity index (χ1) is 8.81. The Balaban J connectivity index is 1.70. The molecule has 2 nitrogen and oxygen atoms in total. The van der Waals surface area contributed by atoms with Gasteiger partial charge >= 0.3 is 0 Å². The van der Waals surface area contributed by atoms with E-state index in [1.807, 2.05) is 18.2 Å². The molecule has 1 aliphatic rings. The van der Waals surface area contributed by atoms with E-state index in [9.17, 15) is 4.39 Å². The molecular weight excluding hydrogens is 231 g/mol. The molecule has 0 unspecified atom stereocenters. The lowest BCUT2D eigenvalue weighted by Gasteiger charge is -2.03. The van der Waals surface area contributed by atoms with Gasteiger partial charge < -0.3 is 9.47 Å². The third-order valence-electron chi connectivity index (χ3n) is 2.94. The van der Waals surface area contributed by atoms with E-state index in [1.165, 1.54) is 12.1 Å². The standard InChI is InChI=1S/C15H12FO2/c16-13-3-1-2-11(8-13)4-5-12-6-7-14-15(9-12)18-10-17-14/h1,3,6-9H,4-5,10H2. The number of ether oxygens (including phenoxy) is 2. The fraction of sp³-hybridized carbons (Fsp3) is 0.200. The van der Waals surface area contributed by atoms with Gasteiger partial charge in [0, 0.05) is 0 Å². The van der Waals surface area contributed by atoms with Crippen molar-refractivity contribution in [1.29, 1.82) is 0 Å². The summed E-state index contributed by atoms with van der Waals surface area (Å²) in [5.74, 6) is 1.36. The zero-order chi connectivity index (χ0) is 12.4. The predicted molar refractivity (Wildman–Crippen MR) is 65.2 cm³/mol. The predicted octanol–water partition coefficient (Wildman–Crippen LogP) is 3.14. The number of hydrogen-bond acceptors (Lipinski definition) is 2. The van der Waals surface area contributed by atoms with Crippen molar-refractivity contribution in [1.82, 2.24) is 0 Å². The van der Waals surface area contributed by atoms with Crippen LogP contribution in [0.1, 0.15) is 11.1 Å². The van der Waals surface area contributed by atoms with Crippen LogP contribution in [0, 0.1) is 11.9 Å². The zero-order valence-corrected chi connectivity index (χ0v) is 9.78. The summed E-state index contributed by atoms with van der Waals surface area (Å²) in [5, 5.41) is 0. The second-order valence-electron chi connectivity index (χ2n) is 4.22. The van der Waals surface area contributed by atoms with Crippen molar-refractivity contribution in [2.75, 3.05) is 6.79 Å². The van der Waals surface area contributed by atoms with E-state index in [0.29, 0.717) is 0 Å². The highest BCUT2D eigenvalue weighted by atomic mass is 19.1. The Hall–Kier alpha value is -2.03. The summed E-state index contributed by atoms with van der Waals surface area (Å²) in [6.07, 6.45) is 1.59. The van der Waals surface area contributed by atoms with Crippen LogP contribution < -0.4 is 9.47 Å². The van der Waals surface area contributed by atoms with Crippen molar-refractivity contribution in [3.63, 3.8) is 0 Å². The highest BCUT2D eigenvalue weighted by molar-refractivity contribution is 5.44. The molecule has 0 aromatic heterocycles. The Kier molecular flexibility index (Phi) is 2.89. The van der Waals surface area contributed by atoms with Crippen LogP contribution in [0.4, 0.5) is 4.39 Å². The average Bonchev–Trinajstić information content (AvgIpc) is 2.84. The van der Waals surface area contributed by atoms with E-state index in [-0.39, 0.29) is 12.6 Å². The van der Waals surface area contributed by atoms with E-state index >= 15 is 0 Å². The van der Waals surface area contributed by atoms with E-state index in [0.717, 1.165) is 35.5 Å². The summed E-state index contributed by atoms with van der Waals surface area (Å²) in [5.41, 5.74) is 2.03. The second kappa shape index (κ2) is 4.69. The molecule has 1 radical (unpaired) electrons. The van der Waals surface area contributed by atoms with Gasteiger partial charge in [0.05, 0.1) is 0 Å².